The van der Waals surface area contributed by atoms with Crippen molar-refractivity contribution in [1.82, 2.24) is 15.2 Å². The van der Waals surface area contributed by atoms with Crippen molar-refractivity contribution in [1.29, 1.82) is 0 Å². The van der Waals surface area contributed by atoms with Gasteiger partial charge in [-0.15, -0.1) is 0 Å². The number of hydrogen-bond acceptors (Lipinski definition) is 2. The average molecular weight is 325 g/mol. The number of rotatable bonds is 2. The number of aromatic nitrogens is 1. The number of nitrogens with one attached hydrogen (secondary N) is 2. The fraction of sp³-hybridized carbons (Fsp3) is 0.222. The molecule has 2 N–H and O–H groups in total. The molecule has 0 unspecified atom stereocenters. The zero-order valence-corrected chi connectivity index (χ0v) is 14.5. The van der Waals surface area contributed by atoms with Gasteiger partial charge in [0, 0.05) is 17.1 Å². The van der Waals surface area contributed by atoms with E-state index in [1.807, 2.05) is 6.08 Å². The van der Waals surface area contributed by atoms with Gasteiger partial charge in [-0.1, -0.05) is 6.07 Å². The number of thiocarbonyl (C=S) groups is 1. The monoisotopic (exact) mass is 325 g/mol. The fourth-order valence-electron chi connectivity index (χ4n) is 2.83. The van der Waals surface area contributed by atoms with E-state index in [2.05, 4.69) is 67.2 Å². The molecule has 1 amide bonds. The van der Waals surface area contributed by atoms with Crippen molar-refractivity contribution < 1.29 is 4.79 Å². The molecule has 0 saturated carbocycles. The van der Waals surface area contributed by atoms with Gasteiger partial charge in [0.25, 0.3) is 5.91 Å². The lowest BCUT2D eigenvalue weighted by atomic mass is 10.1. The summed E-state index contributed by atoms with van der Waals surface area (Å²) < 4.78 is 2.20. The summed E-state index contributed by atoms with van der Waals surface area (Å²) in [6.07, 6.45) is 1.84. The van der Waals surface area contributed by atoms with Gasteiger partial charge in [-0.05, 0) is 80.9 Å². The molecule has 0 atom stereocenters. The van der Waals surface area contributed by atoms with Crippen molar-refractivity contribution in [2.75, 3.05) is 0 Å². The highest BCUT2D eigenvalue weighted by Gasteiger charge is 2.21. The summed E-state index contributed by atoms with van der Waals surface area (Å²) in [6, 6.07) is 8.51. The summed E-state index contributed by atoms with van der Waals surface area (Å²) in [4.78, 5) is 11.8. The number of carbonyl (C=O) groups excluding carboxylic acids is 1. The lowest BCUT2D eigenvalue weighted by Crippen LogP contribution is -2.21. The molecule has 1 aliphatic heterocycles. The lowest BCUT2D eigenvalue weighted by Gasteiger charge is -2.11. The quantitative estimate of drug-likeness (QED) is 0.659. The zero-order chi connectivity index (χ0) is 16.7. The minimum atomic E-state index is -0.189. The molecule has 118 valence electrons. The van der Waals surface area contributed by atoms with E-state index in [1.165, 1.54) is 11.1 Å². The topological polar surface area (TPSA) is 46.1 Å². The maximum Gasteiger partial charge on any atom is 0.273 e. The molecular weight excluding hydrogens is 306 g/mol. The molecule has 3 rings (SSSR count). The average Bonchev–Trinajstić information content (AvgIpc) is 2.93. The van der Waals surface area contributed by atoms with Gasteiger partial charge < -0.3 is 9.88 Å². The predicted octanol–water partition coefficient (Wildman–Crippen LogP) is 3.06. The van der Waals surface area contributed by atoms with Crippen LogP contribution in [0.2, 0.25) is 0 Å². The third kappa shape index (κ3) is 2.80. The Bertz CT molecular complexity index is 861. The Hall–Kier alpha value is -2.40. The molecule has 0 aliphatic carbocycles. The molecular formula is C18H19N3OS. The minimum Gasteiger partial charge on any atom is -0.328 e. The molecule has 5 heteroatoms. The molecule has 0 radical (unpaired) electrons. The van der Waals surface area contributed by atoms with E-state index in [1.54, 1.807) is 0 Å². The van der Waals surface area contributed by atoms with E-state index in [4.69, 9.17) is 12.2 Å². The van der Waals surface area contributed by atoms with E-state index >= 15 is 0 Å². The first-order valence-electron chi connectivity index (χ1n) is 7.47. The lowest BCUT2D eigenvalue weighted by molar-refractivity contribution is -0.115. The minimum absolute atomic E-state index is 0.189. The molecule has 23 heavy (non-hydrogen) atoms. The highest BCUT2D eigenvalue weighted by atomic mass is 32.1. The molecule has 1 saturated heterocycles. The van der Waals surface area contributed by atoms with Crippen LogP contribution in [-0.4, -0.2) is 15.6 Å². The third-order valence-electron chi connectivity index (χ3n) is 4.24. The van der Waals surface area contributed by atoms with Crippen LogP contribution in [0.4, 0.5) is 0 Å². The second-order valence-electron chi connectivity index (χ2n) is 5.90. The molecule has 4 nitrogen and oxygen atoms in total. The number of nitrogens with zero attached hydrogens (tertiary/aromatic N) is 1. The maximum absolute atomic E-state index is 11.8. The van der Waals surface area contributed by atoms with Gasteiger partial charge in [0.05, 0.1) is 0 Å². The van der Waals surface area contributed by atoms with Gasteiger partial charge in [-0.2, -0.15) is 0 Å². The Kier molecular flexibility index (Phi) is 3.82. The highest BCUT2D eigenvalue weighted by Crippen LogP contribution is 2.24. The second-order valence-corrected chi connectivity index (χ2v) is 6.30. The van der Waals surface area contributed by atoms with Crippen LogP contribution < -0.4 is 10.6 Å². The van der Waals surface area contributed by atoms with Crippen LogP contribution in [0.25, 0.3) is 11.8 Å². The summed E-state index contributed by atoms with van der Waals surface area (Å²) in [5.74, 6) is -0.189. The van der Waals surface area contributed by atoms with E-state index in [9.17, 15) is 4.79 Å². The first-order chi connectivity index (χ1) is 10.9. The molecule has 1 aromatic carbocycles. The van der Waals surface area contributed by atoms with Gasteiger partial charge >= 0.3 is 0 Å². The van der Waals surface area contributed by atoms with Crippen LogP contribution in [0.3, 0.4) is 0 Å². The summed E-state index contributed by atoms with van der Waals surface area (Å²) in [5.41, 5.74) is 7.37. The molecule has 0 spiro atoms. The molecule has 0 bridgehead atoms. The fourth-order valence-corrected chi connectivity index (χ4v) is 3.04. The van der Waals surface area contributed by atoms with Crippen molar-refractivity contribution in [2.45, 2.75) is 27.7 Å². The molecule has 2 aromatic rings. The van der Waals surface area contributed by atoms with E-state index in [0.29, 0.717) is 10.8 Å². The molecule has 1 aromatic heterocycles. The van der Waals surface area contributed by atoms with Crippen LogP contribution in [0, 0.1) is 27.7 Å². The van der Waals surface area contributed by atoms with Gasteiger partial charge in [0.1, 0.15) is 5.70 Å². The van der Waals surface area contributed by atoms with Crippen LogP contribution in [0.15, 0.2) is 30.0 Å². The van der Waals surface area contributed by atoms with Gasteiger partial charge in [0.15, 0.2) is 5.11 Å². The number of hydrogen-bond donors (Lipinski definition) is 2. The molecule has 2 heterocycles. The standard InChI is InChI=1S/C18H19N3OS/c1-10-5-6-15(7-11(10)2)21-12(3)8-14(13(21)4)9-16-17(22)20-18(23)19-16/h5-9H,1-4H3,(H2,19,20,22,23)/b16-9-. The SMILES string of the molecule is Cc1ccc(-n2c(C)cc(/C=C3\NC(=S)NC3=O)c2C)cc1C. The van der Waals surface area contributed by atoms with Crippen LogP contribution in [0.1, 0.15) is 28.1 Å². The van der Waals surface area contributed by atoms with Crippen molar-refractivity contribution in [3.63, 3.8) is 0 Å². The predicted molar refractivity (Wildman–Crippen MR) is 96.6 cm³/mol. The normalized spacial score (nSPS) is 15.9. The number of aryl methyl sites for hydroxylation is 3. The van der Waals surface area contributed by atoms with Crippen LogP contribution in [0.5, 0.6) is 0 Å². The van der Waals surface area contributed by atoms with Gasteiger partial charge in [-0.3, -0.25) is 10.1 Å². The number of carbonyl (C=O) groups is 1. The summed E-state index contributed by atoms with van der Waals surface area (Å²) in [6.45, 7) is 8.35. The molecule has 1 aliphatic rings. The van der Waals surface area contributed by atoms with Crippen molar-refractivity contribution >= 4 is 29.3 Å². The summed E-state index contributed by atoms with van der Waals surface area (Å²) in [7, 11) is 0. The van der Waals surface area contributed by atoms with E-state index in [0.717, 1.165) is 22.6 Å². The number of benzene rings is 1. The third-order valence-corrected chi connectivity index (χ3v) is 4.44. The largest absolute Gasteiger partial charge is 0.328 e. The summed E-state index contributed by atoms with van der Waals surface area (Å²) >= 11 is 4.97. The van der Waals surface area contributed by atoms with Crippen molar-refractivity contribution in [3.05, 3.63) is 58.0 Å². The second kappa shape index (κ2) is 5.66. The van der Waals surface area contributed by atoms with E-state index < -0.39 is 0 Å². The first-order valence-corrected chi connectivity index (χ1v) is 7.88. The zero-order valence-electron chi connectivity index (χ0n) is 13.7. The van der Waals surface area contributed by atoms with E-state index in [-0.39, 0.29) is 5.91 Å². The Balaban J connectivity index is 2.06. The Morgan fingerprint density at radius 1 is 1.04 bits per heavy atom. The Morgan fingerprint density at radius 3 is 2.39 bits per heavy atom. The van der Waals surface area contributed by atoms with Crippen LogP contribution >= 0.6 is 12.2 Å². The van der Waals surface area contributed by atoms with Gasteiger partial charge in [0.2, 0.25) is 0 Å². The number of amides is 1. The smallest absolute Gasteiger partial charge is 0.273 e. The van der Waals surface area contributed by atoms with Gasteiger partial charge in [-0.25, -0.2) is 0 Å². The highest BCUT2D eigenvalue weighted by molar-refractivity contribution is 7.80. The van der Waals surface area contributed by atoms with Crippen LogP contribution in [-0.2, 0) is 4.79 Å². The Morgan fingerprint density at radius 2 is 1.78 bits per heavy atom. The Labute approximate surface area is 141 Å². The summed E-state index contributed by atoms with van der Waals surface area (Å²) in [5, 5.41) is 5.82. The van der Waals surface area contributed by atoms with Crippen molar-refractivity contribution in [3.8, 4) is 5.69 Å². The maximum atomic E-state index is 11.8. The molecule has 1 fully saturated rings. The van der Waals surface area contributed by atoms with Crippen molar-refractivity contribution in [2.24, 2.45) is 0 Å². The first kappa shape index (κ1) is 15.5.